The summed E-state index contributed by atoms with van der Waals surface area (Å²) in [6.07, 6.45) is 4.06. The molecule has 0 amide bonds. The number of fused-ring (bicyclic) bond motifs is 1. The number of H-pyrrole nitrogens is 2. The van der Waals surface area contributed by atoms with Crippen LogP contribution in [0, 0.1) is 11.8 Å². The van der Waals surface area contributed by atoms with Crippen LogP contribution in [0.5, 0.6) is 0 Å². The molecular weight excluding hydrogens is 268 g/mol. The standard InChI is InChI=1S/C15H22N4O2/c1-9(2)3-10-5-19(7-12(10)20)6-11-4-16-14-13(11)17-8-18-15(14)21/h4,8-10,12,16,20H,3,5-7H2,1-2H3,(H,17,18,21)/t10-,12-/m1/s1. The van der Waals surface area contributed by atoms with Crippen molar-refractivity contribution in [1.29, 1.82) is 0 Å². The summed E-state index contributed by atoms with van der Waals surface area (Å²) in [5, 5.41) is 10.2. The largest absolute Gasteiger partial charge is 0.391 e. The lowest BCUT2D eigenvalue weighted by atomic mass is 9.95. The molecule has 2 atom stereocenters. The number of aromatic amines is 2. The minimum Gasteiger partial charge on any atom is -0.391 e. The molecule has 6 heteroatoms. The molecule has 0 spiro atoms. The molecule has 2 aromatic rings. The van der Waals surface area contributed by atoms with Gasteiger partial charge >= 0.3 is 0 Å². The Kier molecular flexibility index (Phi) is 3.82. The number of aliphatic hydroxyl groups is 1. The first-order chi connectivity index (χ1) is 10.0. The van der Waals surface area contributed by atoms with E-state index in [1.807, 2.05) is 6.20 Å². The van der Waals surface area contributed by atoms with Crippen LogP contribution in [0.4, 0.5) is 0 Å². The van der Waals surface area contributed by atoms with Crippen molar-refractivity contribution in [1.82, 2.24) is 19.9 Å². The monoisotopic (exact) mass is 290 g/mol. The molecule has 0 aromatic carbocycles. The van der Waals surface area contributed by atoms with Gasteiger partial charge in [0, 0.05) is 31.4 Å². The molecule has 3 N–H and O–H groups in total. The van der Waals surface area contributed by atoms with E-state index in [9.17, 15) is 9.90 Å². The summed E-state index contributed by atoms with van der Waals surface area (Å²) in [7, 11) is 0. The van der Waals surface area contributed by atoms with Gasteiger partial charge in [-0.15, -0.1) is 0 Å². The van der Waals surface area contributed by atoms with Gasteiger partial charge in [0.1, 0.15) is 5.52 Å². The van der Waals surface area contributed by atoms with Gasteiger partial charge in [-0.05, 0) is 18.3 Å². The summed E-state index contributed by atoms with van der Waals surface area (Å²) in [6.45, 7) is 6.67. The van der Waals surface area contributed by atoms with Crippen molar-refractivity contribution in [3.8, 4) is 0 Å². The van der Waals surface area contributed by atoms with Crippen LogP contribution in [0.15, 0.2) is 17.3 Å². The van der Waals surface area contributed by atoms with E-state index in [2.05, 4.69) is 33.7 Å². The molecule has 0 aliphatic carbocycles. The average molecular weight is 290 g/mol. The zero-order valence-corrected chi connectivity index (χ0v) is 12.5. The average Bonchev–Trinajstić information content (AvgIpc) is 2.96. The molecule has 1 fully saturated rings. The minimum atomic E-state index is -0.256. The number of nitrogens with one attached hydrogen (secondary N) is 2. The van der Waals surface area contributed by atoms with Crippen molar-refractivity contribution in [3.63, 3.8) is 0 Å². The van der Waals surface area contributed by atoms with Crippen molar-refractivity contribution < 1.29 is 5.11 Å². The quantitative estimate of drug-likeness (QED) is 0.787. The van der Waals surface area contributed by atoms with Crippen LogP contribution in [0.3, 0.4) is 0 Å². The lowest BCUT2D eigenvalue weighted by Gasteiger charge is -2.16. The van der Waals surface area contributed by atoms with Gasteiger partial charge in [0.15, 0.2) is 0 Å². The van der Waals surface area contributed by atoms with Gasteiger partial charge in [-0.2, -0.15) is 0 Å². The second kappa shape index (κ2) is 5.61. The molecule has 3 rings (SSSR count). The Balaban J connectivity index is 1.75. The zero-order valence-electron chi connectivity index (χ0n) is 12.5. The maximum atomic E-state index is 11.7. The molecule has 0 unspecified atom stereocenters. The number of β-amino-alcohol motifs (C(OH)–C–C–N with tert-alkyl or cyclic N) is 1. The van der Waals surface area contributed by atoms with Crippen LogP contribution in [0.2, 0.25) is 0 Å². The van der Waals surface area contributed by atoms with Crippen molar-refractivity contribution in [2.75, 3.05) is 13.1 Å². The third-order valence-corrected chi connectivity index (χ3v) is 4.20. The van der Waals surface area contributed by atoms with Gasteiger partial charge in [0.2, 0.25) is 0 Å². The number of hydrogen-bond donors (Lipinski definition) is 3. The highest BCUT2D eigenvalue weighted by Gasteiger charge is 2.31. The van der Waals surface area contributed by atoms with E-state index in [0.29, 0.717) is 30.4 Å². The number of hydrogen-bond acceptors (Lipinski definition) is 4. The summed E-state index contributed by atoms with van der Waals surface area (Å²) in [5.74, 6) is 0.935. The highest BCUT2D eigenvalue weighted by Crippen LogP contribution is 2.26. The number of aromatic nitrogens is 3. The van der Waals surface area contributed by atoms with E-state index < -0.39 is 0 Å². The number of likely N-dealkylation sites (tertiary alicyclic amines) is 1. The number of nitrogens with zero attached hydrogens (tertiary/aromatic N) is 2. The molecule has 3 heterocycles. The highest BCUT2D eigenvalue weighted by atomic mass is 16.3. The zero-order chi connectivity index (χ0) is 15.0. The molecule has 1 saturated heterocycles. The first-order valence-electron chi connectivity index (χ1n) is 7.48. The van der Waals surface area contributed by atoms with E-state index in [1.165, 1.54) is 6.33 Å². The van der Waals surface area contributed by atoms with Crippen LogP contribution < -0.4 is 5.56 Å². The highest BCUT2D eigenvalue weighted by molar-refractivity contribution is 5.77. The SMILES string of the molecule is CC(C)C[C@@H]1CN(Cc2c[nH]c3c(=O)[nH]cnc23)C[C@H]1O. The Labute approximate surface area is 123 Å². The Morgan fingerprint density at radius 2 is 2.24 bits per heavy atom. The van der Waals surface area contributed by atoms with Crippen LogP contribution in [-0.4, -0.2) is 44.2 Å². The van der Waals surface area contributed by atoms with Crippen molar-refractivity contribution in [2.24, 2.45) is 11.8 Å². The van der Waals surface area contributed by atoms with E-state index in [4.69, 9.17) is 0 Å². The summed E-state index contributed by atoms with van der Waals surface area (Å²) < 4.78 is 0. The summed E-state index contributed by atoms with van der Waals surface area (Å²) in [4.78, 5) is 23.7. The molecule has 0 bridgehead atoms. The van der Waals surface area contributed by atoms with Crippen LogP contribution >= 0.6 is 0 Å². The second-order valence-electron chi connectivity index (χ2n) is 6.42. The Morgan fingerprint density at radius 1 is 1.43 bits per heavy atom. The van der Waals surface area contributed by atoms with Crippen LogP contribution in [0.1, 0.15) is 25.8 Å². The predicted molar refractivity (Wildman–Crippen MR) is 80.9 cm³/mol. The van der Waals surface area contributed by atoms with Crippen molar-refractivity contribution in [3.05, 3.63) is 28.4 Å². The predicted octanol–water partition coefficient (Wildman–Crippen LogP) is 1.09. The first kappa shape index (κ1) is 14.3. The Hall–Kier alpha value is -1.66. The van der Waals surface area contributed by atoms with Gasteiger partial charge < -0.3 is 15.1 Å². The smallest absolute Gasteiger partial charge is 0.275 e. The maximum Gasteiger partial charge on any atom is 0.275 e. The molecule has 6 nitrogen and oxygen atoms in total. The minimum absolute atomic E-state index is 0.148. The first-order valence-corrected chi connectivity index (χ1v) is 7.48. The lowest BCUT2D eigenvalue weighted by Crippen LogP contribution is -2.21. The molecule has 0 saturated carbocycles. The summed E-state index contributed by atoms with van der Waals surface area (Å²) in [5.41, 5.74) is 2.10. The topological polar surface area (TPSA) is 85.0 Å². The van der Waals surface area contributed by atoms with E-state index in [-0.39, 0.29) is 11.7 Å². The van der Waals surface area contributed by atoms with Crippen LogP contribution in [0.25, 0.3) is 11.0 Å². The molecule has 1 aliphatic heterocycles. The summed E-state index contributed by atoms with van der Waals surface area (Å²) >= 11 is 0. The molecule has 1 aliphatic rings. The molecule has 2 aromatic heterocycles. The van der Waals surface area contributed by atoms with Gasteiger partial charge in [0.05, 0.1) is 17.9 Å². The number of rotatable bonds is 4. The summed E-state index contributed by atoms with van der Waals surface area (Å²) in [6, 6.07) is 0. The Bertz CT molecular complexity index is 676. The normalized spacial score (nSPS) is 23.4. The number of aliphatic hydroxyl groups excluding tert-OH is 1. The molecule has 21 heavy (non-hydrogen) atoms. The fraction of sp³-hybridized carbons (Fsp3) is 0.600. The third-order valence-electron chi connectivity index (χ3n) is 4.20. The fourth-order valence-corrected chi connectivity index (χ4v) is 3.27. The molecule has 0 radical (unpaired) electrons. The van der Waals surface area contributed by atoms with Gasteiger partial charge in [-0.1, -0.05) is 13.8 Å². The second-order valence-corrected chi connectivity index (χ2v) is 6.42. The van der Waals surface area contributed by atoms with Crippen molar-refractivity contribution >= 4 is 11.0 Å². The van der Waals surface area contributed by atoms with E-state index >= 15 is 0 Å². The third kappa shape index (κ3) is 2.87. The van der Waals surface area contributed by atoms with Crippen LogP contribution in [-0.2, 0) is 6.54 Å². The maximum absolute atomic E-state index is 11.7. The Morgan fingerprint density at radius 3 is 3.00 bits per heavy atom. The van der Waals surface area contributed by atoms with Crippen molar-refractivity contribution in [2.45, 2.75) is 32.9 Å². The molecular formula is C15H22N4O2. The van der Waals surface area contributed by atoms with Gasteiger partial charge in [0.25, 0.3) is 5.56 Å². The van der Waals surface area contributed by atoms with E-state index in [1.54, 1.807) is 0 Å². The van der Waals surface area contributed by atoms with E-state index in [0.717, 1.165) is 24.0 Å². The van der Waals surface area contributed by atoms with Gasteiger partial charge in [-0.25, -0.2) is 4.98 Å². The lowest BCUT2D eigenvalue weighted by molar-refractivity contribution is 0.131. The molecule has 114 valence electrons. The fourth-order valence-electron chi connectivity index (χ4n) is 3.27. The van der Waals surface area contributed by atoms with Gasteiger partial charge in [-0.3, -0.25) is 9.69 Å².